The molecule has 0 bridgehead atoms. The molecule has 0 atom stereocenters. The van der Waals surface area contributed by atoms with E-state index in [2.05, 4.69) is 30.5 Å². The lowest BCUT2D eigenvalue weighted by Crippen LogP contribution is -2.33. The van der Waals surface area contributed by atoms with Crippen LogP contribution >= 0.6 is 11.6 Å². The smallest absolute Gasteiger partial charge is 0.268 e. The summed E-state index contributed by atoms with van der Waals surface area (Å²) in [5.74, 6) is 6.05. The fraction of sp³-hybridized carbons (Fsp3) is 0.188. The molecule has 0 saturated heterocycles. The van der Waals surface area contributed by atoms with Gasteiger partial charge in [-0.15, -0.1) is 4.68 Å². The quantitative estimate of drug-likeness (QED) is 0.570. The molecule has 102 valence electrons. The summed E-state index contributed by atoms with van der Waals surface area (Å²) in [6.45, 7) is 5.00. The summed E-state index contributed by atoms with van der Waals surface area (Å²) in [6.07, 6.45) is 1.93. The van der Waals surface area contributed by atoms with Gasteiger partial charge in [-0.1, -0.05) is 23.7 Å². The number of benzene rings is 2. The molecule has 0 radical (unpaired) electrons. The average molecular weight is 287 g/mol. The lowest BCUT2D eigenvalue weighted by Gasteiger charge is -2.01. The molecular formula is C16H17ClN3+. The Kier molecular flexibility index (Phi) is 3.14. The van der Waals surface area contributed by atoms with Crippen LogP contribution in [0.3, 0.4) is 0 Å². The minimum absolute atomic E-state index is 0.756. The Bertz CT molecular complexity index is 773. The zero-order chi connectivity index (χ0) is 14.3. The molecule has 3 rings (SSSR count). The molecule has 0 aliphatic heterocycles. The van der Waals surface area contributed by atoms with Crippen LogP contribution in [0.15, 0.2) is 42.7 Å². The number of halogens is 1. The molecule has 0 fully saturated rings. The lowest BCUT2D eigenvalue weighted by atomic mass is 10.1. The highest BCUT2D eigenvalue weighted by molar-refractivity contribution is 6.30. The van der Waals surface area contributed by atoms with E-state index in [9.17, 15) is 0 Å². The molecule has 1 aromatic heterocycles. The van der Waals surface area contributed by atoms with Gasteiger partial charge in [0.15, 0.2) is 11.0 Å². The van der Waals surface area contributed by atoms with Crippen molar-refractivity contribution in [3.63, 3.8) is 0 Å². The highest BCUT2D eigenvalue weighted by Gasteiger charge is 2.15. The van der Waals surface area contributed by atoms with Gasteiger partial charge in [0.2, 0.25) is 0 Å². The van der Waals surface area contributed by atoms with Gasteiger partial charge < -0.3 is 0 Å². The van der Waals surface area contributed by atoms with Gasteiger partial charge in [-0.25, -0.2) is 4.57 Å². The SMILES string of the molecule is Cc1cc2c(cc1C)[n+](Cc1ccc(Cl)cc1)cn2N. The number of nitrogen functional groups attached to an aromatic ring is 1. The number of nitrogens with two attached hydrogens (primary N) is 1. The zero-order valence-corrected chi connectivity index (χ0v) is 12.4. The van der Waals surface area contributed by atoms with Gasteiger partial charge >= 0.3 is 0 Å². The van der Waals surface area contributed by atoms with Gasteiger partial charge in [-0.05, 0) is 54.8 Å². The molecule has 3 nitrogen and oxygen atoms in total. The van der Waals surface area contributed by atoms with Crippen LogP contribution in [0, 0.1) is 13.8 Å². The van der Waals surface area contributed by atoms with E-state index in [-0.39, 0.29) is 0 Å². The van der Waals surface area contributed by atoms with Crippen LogP contribution in [0.2, 0.25) is 5.02 Å². The number of aryl methyl sites for hydroxylation is 2. The van der Waals surface area contributed by atoms with Crippen molar-refractivity contribution in [1.29, 1.82) is 0 Å². The van der Waals surface area contributed by atoms with E-state index in [0.29, 0.717) is 0 Å². The number of hydrogen-bond donors (Lipinski definition) is 1. The summed E-state index contributed by atoms with van der Waals surface area (Å²) in [4.78, 5) is 0. The predicted octanol–water partition coefficient (Wildman–Crippen LogP) is 2.96. The van der Waals surface area contributed by atoms with Crippen molar-refractivity contribution in [2.45, 2.75) is 20.4 Å². The van der Waals surface area contributed by atoms with Crippen molar-refractivity contribution in [2.75, 3.05) is 5.84 Å². The number of hydrogen-bond acceptors (Lipinski definition) is 1. The zero-order valence-electron chi connectivity index (χ0n) is 11.6. The maximum Gasteiger partial charge on any atom is 0.268 e. The molecule has 0 spiro atoms. The normalized spacial score (nSPS) is 11.2. The van der Waals surface area contributed by atoms with E-state index in [0.717, 1.165) is 22.6 Å². The van der Waals surface area contributed by atoms with Crippen molar-refractivity contribution < 1.29 is 4.57 Å². The number of rotatable bonds is 2. The summed E-state index contributed by atoms with van der Waals surface area (Å²) in [7, 11) is 0. The Balaban J connectivity index is 2.07. The minimum atomic E-state index is 0.756. The van der Waals surface area contributed by atoms with E-state index >= 15 is 0 Å². The second-order valence-corrected chi connectivity index (χ2v) is 5.64. The predicted molar refractivity (Wildman–Crippen MR) is 82.3 cm³/mol. The van der Waals surface area contributed by atoms with Gasteiger partial charge in [0.25, 0.3) is 6.33 Å². The standard InChI is InChI=1S/C16H17ClN3/c1-11-7-15-16(8-12(11)2)20(18)10-19(15)9-13-3-5-14(17)6-4-13/h3-8,10H,9,18H2,1-2H3/q+1. The third kappa shape index (κ3) is 2.25. The topological polar surface area (TPSA) is 34.8 Å². The second-order valence-electron chi connectivity index (χ2n) is 5.20. The summed E-state index contributed by atoms with van der Waals surface area (Å²) in [5.41, 5.74) is 5.91. The molecule has 0 aliphatic carbocycles. The maximum atomic E-state index is 6.05. The first-order valence-corrected chi connectivity index (χ1v) is 6.93. The summed E-state index contributed by atoms with van der Waals surface area (Å²) in [6, 6.07) is 12.2. The van der Waals surface area contributed by atoms with Gasteiger partial charge in [0, 0.05) is 5.02 Å². The molecule has 2 N–H and O–H groups in total. The first-order valence-electron chi connectivity index (χ1n) is 6.56. The van der Waals surface area contributed by atoms with Crippen LogP contribution in [0.4, 0.5) is 0 Å². The molecule has 4 heteroatoms. The summed E-state index contributed by atoms with van der Waals surface area (Å²) >= 11 is 5.92. The summed E-state index contributed by atoms with van der Waals surface area (Å²) in [5, 5.41) is 0.756. The van der Waals surface area contributed by atoms with Crippen molar-refractivity contribution in [1.82, 2.24) is 4.68 Å². The number of aromatic nitrogens is 2. The minimum Gasteiger partial charge on any atom is -0.269 e. The van der Waals surface area contributed by atoms with Crippen molar-refractivity contribution in [3.8, 4) is 0 Å². The fourth-order valence-electron chi connectivity index (χ4n) is 2.41. The largest absolute Gasteiger partial charge is 0.269 e. The van der Waals surface area contributed by atoms with Crippen molar-refractivity contribution in [3.05, 3.63) is 64.4 Å². The molecule has 0 amide bonds. The molecule has 0 aliphatic rings. The number of imidazole rings is 1. The Morgan fingerprint density at radius 1 is 1.10 bits per heavy atom. The number of fused-ring (bicyclic) bond motifs is 1. The van der Waals surface area contributed by atoms with Gasteiger partial charge in [-0.3, -0.25) is 5.84 Å². The monoisotopic (exact) mass is 286 g/mol. The van der Waals surface area contributed by atoms with Gasteiger partial charge in [0.05, 0.1) is 0 Å². The highest BCUT2D eigenvalue weighted by Crippen LogP contribution is 2.17. The van der Waals surface area contributed by atoms with E-state index < -0.39 is 0 Å². The molecule has 0 saturated carbocycles. The van der Waals surface area contributed by atoms with E-state index in [1.165, 1.54) is 16.7 Å². The first-order chi connectivity index (χ1) is 9.54. The van der Waals surface area contributed by atoms with Crippen LogP contribution in [0.1, 0.15) is 16.7 Å². The van der Waals surface area contributed by atoms with Crippen LogP contribution in [0.25, 0.3) is 11.0 Å². The fourth-order valence-corrected chi connectivity index (χ4v) is 2.54. The summed E-state index contributed by atoms with van der Waals surface area (Å²) < 4.78 is 3.84. The van der Waals surface area contributed by atoms with Crippen LogP contribution < -0.4 is 10.4 Å². The first kappa shape index (κ1) is 13.0. The van der Waals surface area contributed by atoms with Crippen LogP contribution in [-0.2, 0) is 6.54 Å². The highest BCUT2D eigenvalue weighted by atomic mass is 35.5. The van der Waals surface area contributed by atoms with Gasteiger partial charge in [-0.2, -0.15) is 0 Å². The third-order valence-electron chi connectivity index (χ3n) is 3.71. The van der Waals surface area contributed by atoms with Crippen molar-refractivity contribution >= 4 is 22.6 Å². The second kappa shape index (κ2) is 4.84. The van der Waals surface area contributed by atoms with Crippen LogP contribution in [-0.4, -0.2) is 4.68 Å². The van der Waals surface area contributed by atoms with Crippen LogP contribution in [0.5, 0.6) is 0 Å². The molecule has 0 unspecified atom stereocenters. The van der Waals surface area contributed by atoms with E-state index in [1.807, 2.05) is 30.6 Å². The number of nitrogens with zero attached hydrogens (tertiary/aromatic N) is 2. The molecule has 1 heterocycles. The van der Waals surface area contributed by atoms with E-state index in [1.54, 1.807) is 4.68 Å². The van der Waals surface area contributed by atoms with Crippen molar-refractivity contribution in [2.24, 2.45) is 0 Å². The Morgan fingerprint density at radius 3 is 2.45 bits per heavy atom. The molecule has 20 heavy (non-hydrogen) atoms. The lowest BCUT2D eigenvalue weighted by molar-refractivity contribution is -0.663. The molecule has 2 aromatic carbocycles. The molecular weight excluding hydrogens is 270 g/mol. The Hall–Kier alpha value is -2.00. The third-order valence-corrected chi connectivity index (χ3v) is 3.96. The Labute approximate surface area is 123 Å². The molecule has 3 aromatic rings. The van der Waals surface area contributed by atoms with Gasteiger partial charge in [0.1, 0.15) is 6.54 Å². The Morgan fingerprint density at radius 2 is 1.75 bits per heavy atom. The van der Waals surface area contributed by atoms with E-state index in [4.69, 9.17) is 17.4 Å². The maximum absolute atomic E-state index is 6.05. The average Bonchev–Trinajstić information content (AvgIpc) is 2.70.